The zero-order valence-electron chi connectivity index (χ0n) is 10.7. The Morgan fingerprint density at radius 2 is 1.62 bits per heavy atom. The standard InChI is InChI=1S/C7H6O6S.C6H7N/c8-6-2-1-4(14(11,12)13)3-5(6)7(9)10;7-6-4-2-1-3-5-6/h1-3,8H,(H,9,10)(H,11,12,13);1-5H,7H2. The van der Waals surface area contributed by atoms with E-state index in [0.29, 0.717) is 6.07 Å². The Labute approximate surface area is 121 Å². The highest BCUT2D eigenvalue weighted by atomic mass is 32.2. The molecule has 0 bridgehead atoms. The lowest BCUT2D eigenvalue weighted by Gasteiger charge is -2.01. The highest BCUT2D eigenvalue weighted by Gasteiger charge is 2.16. The molecule has 0 aliphatic heterocycles. The van der Waals surface area contributed by atoms with E-state index in [1.54, 1.807) is 0 Å². The highest BCUT2D eigenvalue weighted by molar-refractivity contribution is 7.85. The summed E-state index contributed by atoms with van der Waals surface area (Å²) in [6.45, 7) is 0. The minimum Gasteiger partial charge on any atom is -0.507 e. The molecular weight excluding hydrogens is 298 g/mol. The molecule has 8 heteroatoms. The van der Waals surface area contributed by atoms with Crippen LogP contribution >= 0.6 is 0 Å². The minimum absolute atomic E-state index is 0.565. The van der Waals surface area contributed by atoms with Crippen LogP contribution in [0.2, 0.25) is 0 Å². The third kappa shape index (κ3) is 5.13. The molecule has 0 aliphatic carbocycles. The number of aromatic hydroxyl groups is 1. The van der Waals surface area contributed by atoms with Crippen LogP contribution in [0.3, 0.4) is 0 Å². The first-order valence-corrected chi connectivity index (χ1v) is 7.00. The quantitative estimate of drug-likeness (QED) is 0.488. The van der Waals surface area contributed by atoms with Gasteiger partial charge in [0.2, 0.25) is 0 Å². The number of aromatic carboxylic acids is 1. The SMILES string of the molecule is Nc1ccccc1.O=C(O)c1cc(S(=O)(=O)O)ccc1O. The Kier molecular flexibility index (Phi) is 5.28. The molecule has 2 rings (SSSR count). The summed E-state index contributed by atoms with van der Waals surface area (Å²) < 4.78 is 29.8. The molecule has 0 heterocycles. The number of hydrogen-bond donors (Lipinski definition) is 4. The van der Waals surface area contributed by atoms with Crippen molar-refractivity contribution in [1.82, 2.24) is 0 Å². The topological polar surface area (TPSA) is 138 Å². The molecule has 21 heavy (non-hydrogen) atoms. The van der Waals surface area contributed by atoms with E-state index in [1.807, 2.05) is 30.3 Å². The maximum atomic E-state index is 10.6. The van der Waals surface area contributed by atoms with E-state index in [4.69, 9.17) is 20.5 Å². The Bertz CT molecular complexity index is 728. The number of rotatable bonds is 2. The molecule has 0 aliphatic rings. The van der Waals surface area contributed by atoms with Crippen LogP contribution in [0.1, 0.15) is 10.4 Å². The maximum absolute atomic E-state index is 10.6. The molecule has 0 fully saturated rings. The van der Waals surface area contributed by atoms with Gasteiger partial charge in [-0.15, -0.1) is 0 Å². The first-order valence-electron chi connectivity index (χ1n) is 5.56. The number of nitrogens with two attached hydrogens (primary N) is 1. The van der Waals surface area contributed by atoms with Crippen LogP contribution in [0.5, 0.6) is 5.75 Å². The molecule has 0 unspecified atom stereocenters. The summed E-state index contributed by atoms with van der Waals surface area (Å²) in [7, 11) is -4.45. The molecule has 0 saturated heterocycles. The average molecular weight is 311 g/mol. The highest BCUT2D eigenvalue weighted by Crippen LogP contribution is 2.20. The molecule has 0 spiro atoms. The Hall–Kier alpha value is -2.58. The number of anilines is 1. The molecule has 0 saturated carbocycles. The van der Waals surface area contributed by atoms with E-state index in [0.717, 1.165) is 17.8 Å². The van der Waals surface area contributed by atoms with Crippen molar-refractivity contribution in [2.24, 2.45) is 0 Å². The lowest BCUT2D eigenvalue weighted by molar-refractivity contribution is 0.0693. The summed E-state index contributed by atoms with van der Waals surface area (Å²) in [5.41, 5.74) is 5.60. The van der Waals surface area contributed by atoms with Gasteiger partial charge in [0, 0.05) is 5.69 Å². The molecule has 0 aromatic heterocycles. The lowest BCUT2D eigenvalue weighted by Crippen LogP contribution is -2.02. The third-order valence-corrected chi connectivity index (χ3v) is 3.15. The lowest BCUT2D eigenvalue weighted by atomic mass is 10.2. The number of nitrogen functional groups attached to an aromatic ring is 1. The van der Waals surface area contributed by atoms with E-state index in [-0.39, 0.29) is 0 Å². The van der Waals surface area contributed by atoms with Crippen molar-refractivity contribution in [3.63, 3.8) is 0 Å². The summed E-state index contributed by atoms with van der Waals surface area (Å²) >= 11 is 0. The average Bonchev–Trinajstić information content (AvgIpc) is 2.39. The summed E-state index contributed by atoms with van der Waals surface area (Å²) in [6.07, 6.45) is 0. The maximum Gasteiger partial charge on any atom is 0.339 e. The van der Waals surface area contributed by atoms with Crippen LogP contribution in [0.25, 0.3) is 0 Å². The molecule has 7 nitrogen and oxygen atoms in total. The van der Waals surface area contributed by atoms with E-state index < -0.39 is 32.3 Å². The van der Waals surface area contributed by atoms with Crippen molar-refractivity contribution in [2.75, 3.05) is 5.73 Å². The zero-order valence-corrected chi connectivity index (χ0v) is 11.5. The van der Waals surface area contributed by atoms with Crippen molar-refractivity contribution in [3.8, 4) is 5.75 Å². The van der Waals surface area contributed by atoms with Crippen LogP contribution in [-0.4, -0.2) is 29.2 Å². The van der Waals surface area contributed by atoms with Crippen LogP contribution in [-0.2, 0) is 10.1 Å². The molecule has 0 amide bonds. The Morgan fingerprint density at radius 3 is 2.00 bits per heavy atom. The van der Waals surface area contributed by atoms with Gasteiger partial charge in [-0.3, -0.25) is 4.55 Å². The van der Waals surface area contributed by atoms with Crippen molar-refractivity contribution in [2.45, 2.75) is 4.90 Å². The number of para-hydroxylation sites is 1. The van der Waals surface area contributed by atoms with E-state index in [1.165, 1.54) is 0 Å². The van der Waals surface area contributed by atoms with Gasteiger partial charge < -0.3 is 15.9 Å². The summed E-state index contributed by atoms with van der Waals surface area (Å²) in [4.78, 5) is 9.89. The minimum atomic E-state index is -4.45. The van der Waals surface area contributed by atoms with Crippen LogP contribution in [0.15, 0.2) is 53.4 Å². The number of phenols is 1. The van der Waals surface area contributed by atoms with Crippen molar-refractivity contribution in [1.29, 1.82) is 0 Å². The first kappa shape index (κ1) is 16.5. The number of benzene rings is 2. The largest absolute Gasteiger partial charge is 0.507 e. The number of carboxylic acids is 1. The van der Waals surface area contributed by atoms with Gasteiger partial charge in [0.05, 0.1) is 4.90 Å². The van der Waals surface area contributed by atoms with Crippen LogP contribution in [0.4, 0.5) is 5.69 Å². The fourth-order valence-electron chi connectivity index (χ4n) is 1.30. The smallest absolute Gasteiger partial charge is 0.339 e. The normalized spacial score (nSPS) is 10.3. The van der Waals surface area contributed by atoms with E-state index in [2.05, 4.69) is 0 Å². The third-order valence-electron chi connectivity index (χ3n) is 2.30. The second-order valence-corrected chi connectivity index (χ2v) is 5.29. The summed E-state index contributed by atoms with van der Waals surface area (Å²) in [5, 5.41) is 17.5. The Balaban J connectivity index is 0.000000262. The van der Waals surface area contributed by atoms with Gasteiger partial charge in [0.25, 0.3) is 10.1 Å². The zero-order chi connectivity index (χ0) is 16.0. The summed E-state index contributed by atoms with van der Waals surface area (Å²) in [6, 6.07) is 11.9. The molecule has 0 radical (unpaired) electrons. The van der Waals surface area contributed by atoms with Crippen LogP contribution in [0, 0.1) is 0 Å². The molecule has 0 atom stereocenters. The Morgan fingerprint density at radius 1 is 1.05 bits per heavy atom. The van der Waals surface area contributed by atoms with E-state index >= 15 is 0 Å². The fraction of sp³-hybridized carbons (Fsp3) is 0. The number of carbonyl (C=O) groups is 1. The van der Waals surface area contributed by atoms with Gasteiger partial charge >= 0.3 is 5.97 Å². The van der Waals surface area contributed by atoms with E-state index in [9.17, 15) is 13.2 Å². The molecule has 5 N–H and O–H groups in total. The number of carboxylic acid groups (broad SMARTS) is 1. The molecule has 112 valence electrons. The van der Waals surface area contributed by atoms with Gasteiger partial charge in [-0.1, -0.05) is 18.2 Å². The second-order valence-electron chi connectivity index (χ2n) is 3.87. The number of hydrogen-bond acceptors (Lipinski definition) is 5. The van der Waals surface area contributed by atoms with Gasteiger partial charge in [0.15, 0.2) is 0 Å². The van der Waals surface area contributed by atoms with Gasteiger partial charge in [-0.2, -0.15) is 8.42 Å². The molecular formula is C13H13NO6S. The van der Waals surface area contributed by atoms with Gasteiger partial charge in [-0.25, -0.2) is 4.79 Å². The fourth-order valence-corrected chi connectivity index (χ4v) is 1.81. The predicted octanol–water partition coefficient (Wildman–Crippen LogP) is 1.61. The second kappa shape index (κ2) is 6.73. The summed E-state index contributed by atoms with van der Waals surface area (Å²) in [5.74, 6) is -2.04. The first-order chi connectivity index (χ1) is 9.71. The van der Waals surface area contributed by atoms with Gasteiger partial charge in [0.1, 0.15) is 11.3 Å². The molecule has 2 aromatic rings. The predicted molar refractivity (Wildman–Crippen MR) is 75.7 cm³/mol. The van der Waals surface area contributed by atoms with Gasteiger partial charge in [-0.05, 0) is 30.3 Å². The molecule has 2 aromatic carbocycles. The van der Waals surface area contributed by atoms with Crippen LogP contribution < -0.4 is 5.73 Å². The van der Waals surface area contributed by atoms with Crippen molar-refractivity contribution in [3.05, 3.63) is 54.1 Å². The monoisotopic (exact) mass is 311 g/mol. The van der Waals surface area contributed by atoms with Crippen molar-refractivity contribution < 1.29 is 28.0 Å². The van der Waals surface area contributed by atoms with Crippen molar-refractivity contribution >= 4 is 21.8 Å².